The minimum Gasteiger partial charge on any atom is -0.309 e. The van der Waals surface area contributed by atoms with Crippen LogP contribution in [0.25, 0.3) is 0 Å². The summed E-state index contributed by atoms with van der Waals surface area (Å²) < 4.78 is 39.9. The van der Waals surface area contributed by atoms with Gasteiger partial charge in [-0.25, -0.2) is 17.5 Å². The molecular weight excluding hydrogens is 291 g/mol. The molecule has 0 aliphatic carbocycles. The molecule has 0 aromatic heterocycles. The van der Waals surface area contributed by atoms with E-state index in [2.05, 4.69) is 10.0 Å². The molecule has 0 fully saturated rings. The topological polar surface area (TPSA) is 58.2 Å². The summed E-state index contributed by atoms with van der Waals surface area (Å²) in [6, 6.07) is 10.9. The van der Waals surface area contributed by atoms with Crippen LogP contribution in [0, 0.1) is 5.82 Å². The van der Waals surface area contributed by atoms with Gasteiger partial charge in [-0.15, -0.1) is 0 Å². The van der Waals surface area contributed by atoms with Crippen LogP contribution in [0.5, 0.6) is 0 Å². The van der Waals surface area contributed by atoms with Gasteiger partial charge >= 0.3 is 0 Å². The second kappa shape index (κ2) is 5.55. The van der Waals surface area contributed by atoms with E-state index >= 15 is 0 Å². The fourth-order valence-corrected chi connectivity index (χ4v) is 3.37. The largest absolute Gasteiger partial charge is 0.309 e. The zero-order chi connectivity index (χ0) is 14.9. The SMILES string of the molecule is O=S(=O)(NCc1ccc(F)cc1)c1ccc2c(c1)CNC2. The smallest absolute Gasteiger partial charge is 0.240 e. The number of fused-ring (bicyclic) bond motifs is 1. The molecule has 0 amide bonds. The van der Waals surface area contributed by atoms with Gasteiger partial charge in [-0.05, 0) is 41.0 Å². The van der Waals surface area contributed by atoms with E-state index in [4.69, 9.17) is 0 Å². The normalized spacial score (nSPS) is 14.1. The maximum Gasteiger partial charge on any atom is 0.240 e. The molecule has 0 atom stereocenters. The maximum atomic E-state index is 12.8. The van der Waals surface area contributed by atoms with E-state index in [0.29, 0.717) is 12.1 Å². The third-order valence-corrected chi connectivity index (χ3v) is 4.90. The molecule has 0 radical (unpaired) electrons. The number of rotatable bonds is 4. The van der Waals surface area contributed by atoms with Crippen molar-refractivity contribution in [3.8, 4) is 0 Å². The third-order valence-electron chi connectivity index (χ3n) is 3.50. The van der Waals surface area contributed by atoms with E-state index in [9.17, 15) is 12.8 Å². The Kier molecular flexibility index (Phi) is 3.75. The van der Waals surface area contributed by atoms with Gasteiger partial charge in [0.1, 0.15) is 5.82 Å². The lowest BCUT2D eigenvalue weighted by molar-refractivity contribution is 0.581. The van der Waals surface area contributed by atoms with Crippen LogP contribution in [-0.2, 0) is 29.7 Å². The van der Waals surface area contributed by atoms with Crippen LogP contribution in [-0.4, -0.2) is 8.42 Å². The zero-order valence-corrected chi connectivity index (χ0v) is 12.1. The van der Waals surface area contributed by atoms with Crippen molar-refractivity contribution in [3.05, 3.63) is 65.0 Å². The molecular formula is C15H15FN2O2S. The summed E-state index contributed by atoms with van der Waals surface area (Å²) in [6.45, 7) is 1.60. The van der Waals surface area contributed by atoms with Gasteiger partial charge in [-0.2, -0.15) is 0 Å². The summed E-state index contributed by atoms with van der Waals surface area (Å²) >= 11 is 0. The summed E-state index contributed by atoms with van der Waals surface area (Å²) in [5.74, 6) is -0.340. The minimum atomic E-state index is -3.56. The summed E-state index contributed by atoms with van der Waals surface area (Å²) in [4.78, 5) is 0.257. The van der Waals surface area contributed by atoms with Crippen molar-refractivity contribution >= 4 is 10.0 Å². The lowest BCUT2D eigenvalue weighted by atomic mass is 10.1. The first-order chi connectivity index (χ1) is 10.0. The highest BCUT2D eigenvalue weighted by Gasteiger charge is 2.17. The molecule has 2 N–H and O–H groups in total. The lowest BCUT2D eigenvalue weighted by Gasteiger charge is -2.08. The van der Waals surface area contributed by atoms with E-state index in [0.717, 1.165) is 17.7 Å². The quantitative estimate of drug-likeness (QED) is 0.907. The lowest BCUT2D eigenvalue weighted by Crippen LogP contribution is -2.23. The Morgan fingerprint density at radius 2 is 1.76 bits per heavy atom. The summed E-state index contributed by atoms with van der Waals surface area (Å²) in [6.07, 6.45) is 0. The molecule has 0 unspecified atom stereocenters. The highest BCUT2D eigenvalue weighted by atomic mass is 32.2. The first-order valence-electron chi connectivity index (χ1n) is 6.61. The van der Waals surface area contributed by atoms with Crippen LogP contribution < -0.4 is 10.0 Å². The average molecular weight is 306 g/mol. The van der Waals surface area contributed by atoms with Crippen molar-refractivity contribution < 1.29 is 12.8 Å². The zero-order valence-electron chi connectivity index (χ0n) is 11.3. The van der Waals surface area contributed by atoms with Gasteiger partial charge in [0.05, 0.1) is 4.90 Å². The molecule has 6 heteroatoms. The number of hydrogen-bond donors (Lipinski definition) is 2. The van der Waals surface area contributed by atoms with E-state index in [1.54, 1.807) is 24.3 Å². The molecule has 21 heavy (non-hydrogen) atoms. The van der Waals surface area contributed by atoms with Crippen LogP contribution in [0.1, 0.15) is 16.7 Å². The van der Waals surface area contributed by atoms with Crippen LogP contribution in [0.2, 0.25) is 0 Å². The van der Waals surface area contributed by atoms with Crippen molar-refractivity contribution in [1.29, 1.82) is 0 Å². The van der Waals surface area contributed by atoms with Crippen molar-refractivity contribution in [2.24, 2.45) is 0 Å². The number of nitrogens with one attached hydrogen (secondary N) is 2. The number of hydrogen-bond acceptors (Lipinski definition) is 3. The Morgan fingerprint density at radius 3 is 2.52 bits per heavy atom. The molecule has 110 valence electrons. The average Bonchev–Trinajstić information content (AvgIpc) is 2.94. The van der Waals surface area contributed by atoms with Crippen LogP contribution in [0.15, 0.2) is 47.4 Å². The van der Waals surface area contributed by atoms with Gasteiger partial charge in [-0.1, -0.05) is 18.2 Å². The highest BCUT2D eigenvalue weighted by molar-refractivity contribution is 7.89. The van der Waals surface area contributed by atoms with Gasteiger partial charge in [0, 0.05) is 19.6 Å². The van der Waals surface area contributed by atoms with Crippen LogP contribution in [0.3, 0.4) is 0 Å². The van der Waals surface area contributed by atoms with Gasteiger partial charge in [0.25, 0.3) is 0 Å². The van der Waals surface area contributed by atoms with Gasteiger partial charge in [0.2, 0.25) is 10.0 Å². The Labute approximate surface area is 123 Å². The molecule has 1 aliphatic heterocycles. The van der Waals surface area contributed by atoms with E-state index in [1.165, 1.54) is 12.1 Å². The fraction of sp³-hybridized carbons (Fsp3) is 0.200. The van der Waals surface area contributed by atoms with Crippen molar-refractivity contribution in [1.82, 2.24) is 10.0 Å². The molecule has 4 nitrogen and oxygen atoms in total. The Hall–Kier alpha value is -1.76. The van der Waals surface area contributed by atoms with E-state index in [-0.39, 0.29) is 17.3 Å². The van der Waals surface area contributed by atoms with Crippen molar-refractivity contribution in [2.75, 3.05) is 0 Å². The number of benzene rings is 2. The predicted molar refractivity (Wildman–Crippen MR) is 77.4 cm³/mol. The van der Waals surface area contributed by atoms with Crippen LogP contribution >= 0.6 is 0 Å². The molecule has 2 aromatic rings. The van der Waals surface area contributed by atoms with E-state index in [1.807, 2.05) is 6.07 Å². The number of halogens is 1. The summed E-state index contributed by atoms with van der Waals surface area (Å²) in [5.41, 5.74) is 2.86. The molecule has 0 saturated heterocycles. The maximum absolute atomic E-state index is 12.8. The third kappa shape index (κ3) is 3.12. The molecule has 0 saturated carbocycles. The Balaban J connectivity index is 1.76. The fourth-order valence-electron chi connectivity index (χ4n) is 2.30. The van der Waals surface area contributed by atoms with Crippen LogP contribution in [0.4, 0.5) is 4.39 Å². The first-order valence-corrected chi connectivity index (χ1v) is 8.09. The molecule has 1 heterocycles. The number of sulfonamides is 1. The van der Waals surface area contributed by atoms with E-state index < -0.39 is 10.0 Å². The predicted octanol–water partition coefficient (Wildman–Crippen LogP) is 1.91. The highest BCUT2D eigenvalue weighted by Crippen LogP contribution is 2.20. The first kappa shape index (κ1) is 14.2. The molecule has 2 aromatic carbocycles. The second-order valence-electron chi connectivity index (χ2n) is 4.99. The molecule has 0 spiro atoms. The Morgan fingerprint density at radius 1 is 1.05 bits per heavy atom. The van der Waals surface area contributed by atoms with Crippen molar-refractivity contribution in [2.45, 2.75) is 24.5 Å². The van der Waals surface area contributed by atoms with Crippen molar-refractivity contribution in [3.63, 3.8) is 0 Å². The second-order valence-corrected chi connectivity index (χ2v) is 6.75. The monoisotopic (exact) mass is 306 g/mol. The minimum absolute atomic E-state index is 0.137. The standard InChI is InChI=1S/C15H15FN2O2S/c16-14-4-1-11(2-5-14)8-18-21(19,20)15-6-3-12-9-17-10-13(12)7-15/h1-7,17-18H,8-10H2. The molecule has 3 rings (SSSR count). The van der Waals surface area contributed by atoms with Gasteiger partial charge < -0.3 is 5.32 Å². The molecule has 0 bridgehead atoms. The summed E-state index contributed by atoms with van der Waals surface area (Å²) in [5, 5.41) is 3.18. The van der Waals surface area contributed by atoms with Gasteiger partial charge in [-0.3, -0.25) is 0 Å². The molecule has 1 aliphatic rings. The van der Waals surface area contributed by atoms with Gasteiger partial charge in [0.15, 0.2) is 0 Å². The summed E-state index contributed by atoms with van der Waals surface area (Å²) in [7, 11) is -3.56. The Bertz CT molecular complexity index is 758.